The maximum absolute atomic E-state index is 11.4. The highest BCUT2D eigenvalue weighted by Gasteiger charge is 2.04. The van der Waals surface area contributed by atoms with Gasteiger partial charge in [0.25, 0.3) is 5.56 Å². The quantitative estimate of drug-likeness (QED) is 0.639. The number of rotatable bonds is 4. The molecule has 0 amide bonds. The second kappa shape index (κ2) is 6.33. The van der Waals surface area contributed by atoms with E-state index in [1.807, 2.05) is 48.5 Å². The van der Waals surface area contributed by atoms with E-state index >= 15 is 0 Å². The summed E-state index contributed by atoms with van der Waals surface area (Å²) in [6, 6.07) is 16.2. The van der Waals surface area contributed by atoms with Crippen molar-refractivity contribution in [3.63, 3.8) is 0 Å². The summed E-state index contributed by atoms with van der Waals surface area (Å²) in [4.78, 5) is 25.1. The maximum Gasteiger partial charge on any atom is 0.363 e. The molecule has 7 nitrogen and oxygen atoms in total. The van der Waals surface area contributed by atoms with Crippen molar-refractivity contribution in [1.82, 2.24) is 9.71 Å². The Balaban J connectivity index is 1.84. The zero-order valence-electron chi connectivity index (χ0n) is 12.8. The zero-order valence-corrected chi connectivity index (χ0v) is 12.8. The molecule has 7 heteroatoms. The van der Waals surface area contributed by atoms with Crippen molar-refractivity contribution in [3.8, 4) is 16.9 Å². The lowest BCUT2D eigenvalue weighted by Gasteiger charge is -2.08. The highest BCUT2D eigenvalue weighted by atomic mass is 16.5. The summed E-state index contributed by atoms with van der Waals surface area (Å²) in [6.07, 6.45) is 0. The van der Waals surface area contributed by atoms with Gasteiger partial charge < -0.3 is 15.3 Å². The molecule has 0 aliphatic heterocycles. The average Bonchev–Trinajstić information content (AvgIpc) is 2.60. The lowest BCUT2D eigenvalue weighted by atomic mass is 10.1. The molecule has 0 spiro atoms. The molecule has 0 saturated carbocycles. The van der Waals surface area contributed by atoms with Crippen LogP contribution in [-0.2, 0) is 0 Å². The molecular formula is C17H15N3O4. The Morgan fingerprint density at radius 2 is 1.79 bits per heavy atom. The van der Waals surface area contributed by atoms with Crippen molar-refractivity contribution in [2.45, 2.75) is 0 Å². The average molecular weight is 325 g/mol. The van der Waals surface area contributed by atoms with Crippen molar-refractivity contribution in [3.05, 3.63) is 75.4 Å². The van der Waals surface area contributed by atoms with Crippen LogP contribution >= 0.6 is 0 Å². The summed E-state index contributed by atoms with van der Waals surface area (Å²) < 4.78 is 5.22. The van der Waals surface area contributed by atoms with Gasteiger partial charge in [-0.3, -0.25) is 9.78 Å². The number of anilines is 2. The van der Waals surface area contributed by atoms with Crippen molar-refractivity contribution in [1.29, 1.82) is 0 Å². The first-order valence-electron chi connectivity index (χ1n) is 7.14. The first-order chi connectivity index (χ1) is 11.6. The Morgan fingerprint density at radius 3 is 2.46 bits per heavy atom. The van der Waals surface area contributed by atoms with Crippen molar-refractivity contribution in [2.24, 2.45) is 0 Å². The Hall–Kier alpha value is -3.48. The summed E-state index contributed by atoms with van der Waals surface area (Å²) in [5.41, 5.74) is 0.982. The van der Waals surface area contributed by atoms with E-state index in [-0.39, 0.29) is 10.5 Å². The van der Waals surface area contributed by atoms with Gasteiger partial charge in [-0.05, 0) is 35.4 Å². The SMILES string of the molecule is COc1cccc(-c2ccc(Nc3cc(=O)n(O)c(=O)[nH]3)cc2)c1. The second-order valence-corrected chi connectivity index (χ2v) is 5.07. The highest BCUT2D eigenvalue weighted by Crippen LogP contribution is 2.25. The van der Waals surface area contributed by atoms with E-state index in [2.05, 4.69) is 10.3 Å². The smallest absolute Gasteiger partial charge is 0.363 e. The molecule has 1 aromatic heterocycles. The first kappa shape index (κ1) is 15.4. The largest absolute Gasteiger partial charge is 0.497 e. The molecular weight excluding hydrogens is 310 g/mol. The number of hydrogen-bond donors (Lipinski definition) is 3. The summed E-state index contributed by atoms with van der Waals surface area (Å²) in [7, 11) is 1.62. The molecule has 0 unspecified atom stereocenters. The number of methoxy groups -OCH3 is 1. The Labute approximate surface area is 136 Å². The number of H-pyrrole nitrogens is 1. The molecule has 0 fully saturated rings. The molecule has 1 heterocycles. The summed E-state index contributed by atoms with van der Waals surface area (Å²) in [5.74, 6) is 0.973. The van der Waals surface area contributed by atoms with Crippen LogP contribution in [0.15, 0.2) is 64.2 Å². The number of benzene rings is 2. The second-order valence-electron chi connectivity index (χ2n) is 5.07. The lowest BCUT2D eigenvalue weighted by Crippen LogP contribution is -2.33. The molecule has 0 aliphatic rings. The van der Waals surface area contributed by atoms with Gasteiger partial charge in [-0.25, -0.2) is 4.79 Å². The molecule has 0 radical (unpaired) electrons. The number of ether oxygens (including phenoxy) is 1. The molecule has 2 aromatic carbocycles. The summed E-state index contributed by atoms with van der Waals surface area (Å²) in [5, 5.41) is 12.0. The van der Waals surface area contributed by atoms with Crippen molar-refractivity contribution in [2.75, 3.05) is 12.4 Å². The van der Waals surface area contributed by atoms with Crippen LogP contribution in [0.4, 0.5) is 11.5 Å². The Morgan fingerprint density at radius 1 is 1.04 bits per heavy atom. The van der Waals surface area contributed by atoms with E-state index < -0.39 is 11.2 Å². The fourth-order valence-corrected chi connectivity index (χ4v) is 2.26. The number of nitrogens with zero attached hydrogens (tertiary/aromatic N) is 1. The van der Waals surface area contributed by atoms with Gasteiger partial charge in [-0.15, -0.1) is 0 Å². The predicted molar refractivity (Wildman–Crippen MR) is 90.2 cm³/mol. The van der Waals surface area contributed by atoms with Gasteiger partial charge >= 0.3 is 5.69 Å². The van der Waals surface area contributed by atoms with Crippen molar-refractivity contribution >= 4 is 11.5 Å². The summed E-state index contributed by atoms with van der Waals surface area (Å²) >= 11 is 0. The van der Waals surface area contributed by atoms with Crippen molar-refractivity contribution < 1.29 is 9.94 Å². The third-order valence-corrected chi connectivity index (χ3v) is 3.48. The van der Waals surface area contributed by atoms with Gasteiger partial charge in [0.1, 0.15) is 11.6 Å². The fourth-order valence-electron chi connectivity index (χ4n) is 2.26. The van der Waals surface area contributed by atoms with Crippen LogP contribution in [0.1, 0.15) is 0 Å². The van der Waals surface area contributed by atoms with E-state index in [9.17, 15) is 9.59 Å². The van der Waals surface area contributed by atoms with Gasteiger partial charge in [0.15, 0.2) is 0 Å². The third-order valence-electron chi connectivity index (χ3n) is 3.48. The highest BCUT2D eigenvalue weighted by molar-refractivity contribution is 5.68. The van der Waals surface area contributed by atoms with Crippen LogP contribution in [0.3, 0.4) is 0 Å². The maximum atomic E-state index is 11.4. The third kappa shape index (κ3) is 3.14. The van der Waals surface area contributed by atoms with Gasteiger partial charge in [-0.1, -0.05) is 29.0 Å². The molecule has 24 heavy (non-hydrogen) atoms. The van der Waals surface area contributed by atoms with Gasteiger partial charge in [0.05, 0.1) is 7.11 Å². The van der Waals surface area contributed by atoms with Crippen LogP contribution < -0.4 is 21.3 Å². The molecule has 3 aromatic rings. The minimum atomic E-state index is -0.905. The van der Waals surface area contributed by atoms with Gasteiger partial charge in [0.2, 0.25) is 0 Å². The van der Waals surface area contributed by atoms with Crippen LogP contribution in [0.2, 0.25) is 0 Å². The Bertz CT molecular complexity index is 943. The molecule has 0 bridgehead atoms. The van der Waals surface area contributed by atoms with E-state index in [4.69, 9.17) is 9.94 Å². The van der Waals surface area contributed by atoms with E-state index in [0.29, 0.717) is 5.69 Å². The minimum Gasteiger partial charge on any atom is -0.497 e. The number of hydrogen-bond acceptors (Lipinski definition) is 5. The molecule has 0 atom stereocenters. The van der Waals surface area contributed by atoms with Crippen LogP contribution in [0.5, 0.6) is 5.75 Å². The number of aromatic amines is 1. The van der Waals surface area contributed by atoms with Crippen LogP contribution in [0, 0.1) is 0 Å². The number of nitrogens with one attached hydrogen (secondary N) is 2. The van der Waals surface area contributed by atoms with Crippen LogP contribution in [-0.4, -0.2) is 22.0 Å². The lowest BCUT2D eigenvalue weighted by molar-refractivity contribution is 0.160. The zero-order chi connectivity index (χ0) is 17.1. The van der Waals surface area contributed by atoms with Gasteiger partial charge in [0, 0.05) is 11.8 Å². The van der Waals surface area contributed by atoms with E-state index in [1.54, 1.807) is 7.11 Å². The number of aromatic nitrogens is 2. The molecule has 0 aliphatic carbocycles. The van der Waals surface area contributed by atoms with Gasteiger partial charge in [-0.2, -0.15) is 0 Å². The van der Waals surface area contributed by atoms with Crippen LogP contribution in [0.25, 0.3) is 11.1 Å². The standard InChI is InChI=1S/C17H15N3O4/c1-24-14-4-2-3-12(9-14)11-5-7-13(8-6-11)18-15-10-16(21)20(23)17(22)19-15/h2-10,18,23H,1H3,(H,19,22). The molecule has 0 saturated heterocycles. The molecule has 3 rings (SSSR count). The monoisotopic (exact) mass is 325 g/mol. The normalized spacial score (nSPS) is 10.4. The predicted octanol–water partition coefficient (Wildman–Crippen LogP) is 2.19. The molecule has 122 valence electrons. The topological polar surface area (TPSA) is 96.3 Å². The fraction of sp³-hybridized carbons (Fsp3) is 0.0588. The Kier molecular flexibility index (Phi) is 4.07. The first-order valence-corrected chi connectivity index (χ1v) is 7.14. The minimum absolute atomic E-state index is 0.0110. The van der Waals surface area contributed by atoms with E-state index in [0.717, 1.165) is 22.9 Å². The van der Waals surface area contributed by atoms with E-state index in [1.165, 1.54) is 0 Å². The molecule has 3 N–H and O–H groups in total. The summed E-state index contributed by atoms with van der Waals surface area (Å²) in [6.45, 7) is 0.